The van der Waals surface area contributed by atoms with Gasteiger partial charge in [-0.2, -0.15) is 0 Å². The number of ether oxygens (including phenoxy) is 2. The number of methoxy groups -OCH3 is 2. The highest BCUT2D eigenvalue weighted by Crippen LogP contribution is 2.30. The van der Waals surface area contributed by atoms with Crippen LogP contribution in [-0.4, -0.2) is 60.5 Å². The molecule has 0 spiro atoms. The zero-order valence-corrected chi connectivity index (χ0v) is 20.1. The molecule has 1 aliphatic heterocycles. The summed E-state index contributed by atoms with van der Waals surface area (Å²) in [6, 6.07) is 10.5. The third-order valence-corrected chi connectivity index (χ3v) is 5.96. The Kier molecular flexibility index (Phi) is 7.31. The molecule has 0 unspecified atom stereocenters. The molecule has 0 saturated carbocycles. The number of anilines is 2. The molecule has 4 rings (SSSR count). The number of likely N-dealkylation sites (N-methyl/N-ethyl adjacent to an activating group) is 1. The first kappa shape index (κ1) is 24.2. The molecule has 0 aliphatic carbocycles. The first-order valence-corrected chi connectivity index (χ1v) is 11.5. The third-order valence-electron chi connectivity index (χ3n) is 5.96. The van der Waals surface area contributed by atoms with E-state index in [1.807, 2.05) is 24.0 Å². The zero-order valence-electron chi connectivity index (χ0n) is 20.1. The largest absolute Gasteiger partial charge is 0.493 e. The van der Waals surface area contributed by atoms with Crippen molar-refractivity contribution in [3.63, 3.8) is 0 Å². The summed E-state index contributed by atoms with van der Waals surface area (Å²) in [6.07, 6.45) is 1.39. The van der Waals surface area contributed by atoms with Crippen LogP contribution in [0.25, 0.3) is 10.9 Å². The van der Waals surface area contributed by atoms with Crippen LogP contribution in [0.4, 0.5) is 11.4 Å². The van der Waals surface area contributed by atoms with Crippen LogP contribution in [0.5, 0.6) is 11.5 Å². The summed E-state index contributed by atoms with van der Waals surface area (Å²) in [5.74, 6) is 1.27. The molecule has 3 aromatic rings. The van der Waals surface area contributed by atoms with Gasteiger partial charge in [0.2, 0.25) is 11.8 Å². The van der Waals surface area contributed by atoms with E-state index in [1.165, 1.54) is 14.2 Å². The van der Waals surface area contributed by atoms with Gasteiger partial charge in [-0.15, -0.1) is 0 Å². The van der Waals surface area contributed by atoms with Crippen molar-refractivity contribution < 1.29 is 19.1 Å². The highest BCUT2D eigenvalue weighted by atomic mass is 16.5. The fraction of sp³-hybridized carbons (Fsp3) is 0.360. The lowest BCUT2D eigenvalue weighted by molar-refractivity contribution is -0.118. The van der Waals surface area contributed by atoms with E-state index in [0.717, 1.165) is 12.1 Å². The number of benzene rings is 2. The minimum atomic E-state index is -0.292. The van der Waals surface area contributed by atoms with Gasteiger partial charge in [0.15, 0.2) is 11.5 Å². The van der Waals surface area contributed by atoms with Gasteiger partial charge in [-0.05, 0) is 37.2 Å². The smallest absolute Gasteiger partial charge is 0.258 e. The SMILES string of the molecule is CCN(CC(=O)Nc1cccc(N2CCCC2=O)c1)Cc1nc2cc(OC)c(OC)cc2c(=O)[nH]1. The van der Waals surface area contributed by atoms with Crippen LogP contribution in [0.1, 0.15) is 25.6 Å². The van der Waals surface area contributed by atoms with Crippen molar-refractivity contribution in [2.75, 3.05) is 44.1 Å². The number of carbonyl (C=O) groups is 2. The van der Waals surface area contributed by atoms with Crippen LogP contribution in [0, 0.1) is 0 Å². The number of H-pyrrole nitrogens is 1. The summed E-state index contributed by atoms with van der Waals surface area (Å²) in [5, 5.41) is 3.29. The van der Waals surface area contributed by atoms with Gasteiger partial charge in [0.25, 0.3) is 5.56 Å². The second-order valence-corrected chi connectivity index (χ2v) is 8.29. The summed E-state index contributed by atoms with van der Waals surface area (Å²) in [6.45, 7) is 3.58. The molecule has 35 heavy (non-hydrogen) atoms. The van der Waals surface area contributed by atoms with E-state index >= 15 is 0 Å². The molecule has 2 amide bonds. The lowest BCUT2D eigenvalue weighted by atomic mass is 10.2. The quantitative estimate of drug-likeness (QED) is 0.484. The Hall–Kier alpha value is -3.92. The summed E-state index contributed by atoms with van der Waals surface area (Å²) in [7, 11) is 3.03. The number of carbonyl (C=O) groups excluding carboxylic acids is 2. The topological polar surface area (TPSA) is 117 Å². The average Bonchev–Trinajstić information content (AvgIpc) is 3.28. The van der Waals surface area contributed by atoms with E-state index in [9.17, 15) is 14.4 Å². The van der Waals surface area contributed by atoms with E-state index in [0.29, 0.717) is 53.4 Å². The normalized spacial score (nSPS) is 13.5. The van der Waals surface area contributed by atoms with Crippen molar-refractivity contribution in [2.45, 2.75) is 26.3 Å². The lowest BCUT2D eigenvalue weighted by Crippen LogP contribution is -2.34. The van der Waals surface area contributed by atoms with E-state index in [4.69, 9.17) is 9.47 Å². The van der Waals surface area contributed by atoms with Crippen LogP contribution >= 0.6 is 0 Å². The van der Waals surface area contributed by atoms with Gasteiger partial charge >= 0.3 is 0 Å². The number of amides is 2. The number of nitrogens with one attached hydrogen (secondary N) is 2. The maximum Gasteiger partial charge on any atom is 0.258 e. The molecule has 0 atom stereocenters. The monoisotopic (exact) mass is 479 g/mol. The second kappa shape index (κ2) is 10.6. The van der Waals surface area contributed by atoms with Gasteiger partial charge in [0.1, 0.15) is 5.82 Å². The number of nitrogens with zero attached hydrogens (tertiary/aromatic N) is 3. The van der Waals surface area contributed by atoms with E-state index in [2.05, 4.69) is 15.3 Å². The molecule has 10 nitrogen and oxygen atoms in total. The summed E-state index contributed by atoms with van der Waals surface area (Å²) in [4.78, 5) is 48.4. The molecule has 2 N–H and O–H groups in total. The Morgan fingerprint density at radius 3 is 2.63 bits per heavy atom. The second-order valence-electron chi connectivity index (χ2n) is 8.29. The Bertz CT molecular complexity index is 1310. The minimum Gasteiger partial charge on any atom is -0.493 e. The van der Waals surface area contributed by atoms with Crippen molar-refractivity contribution in [2.24, 2.45) is 0 Å². The number of hydrogen-bond acceptors (Lipinski definition) is 7. The van der Waals surface area contributed by atoms with Crippen molar-refractivity contribution in [3.8, 4) is 11.5 Å². The molecule has 2 aromatic carbocycles. The molecule has 0 bridgehead atoms. The van der Waals surface area contributed by atoms with Crippen molar-refractivity contribution >= 4 is 34.1 Å². The summed E-state index contributed by atoms with van der Waals surface area (Å²) in [5.41, 5.74) is 1.60. The Labute approximate surface area is 202 Å². The van der Waals surface area contributed by atoms with Crippen LogP contribution in [0.15, 0.2) is 41.2 Å². The number of rotatable bonds is 9. The molecular formula is C25H29N5O5. The number of aromatic nitrogens is 2. The molecule has 2 heterocycles. The van der Waals surface area contributed by atoms with Gasteiger partial charge in [0, 0.05) is 30.4 Å². The number of aromatic amines is 1. The highest BCUT2D eigenvalue weighted by Gasteiger charge is 2.22. The van der Waals surface area contributed by atoms with Gasteiger partial charge in [-0.1, -0.05) is 13.0 Å². The minimum absolute atomic E-state index is 0.0959. The van der Waals surface area contributed by atoms with Gasteiger partial charge in [-0.3, -0.25) is 19.3 Å². The van der Waals surface area contributed by atoms with Crippen molar-refractivity contribution in [3.05, 3.63) is 52.6 Å². The van der Waals surface area contributed by atoms with Crippen molar-refractivity contribution in [1.82, 2.24) is 14.9 Å². The van der Waals surface area contributed by atoms with Gasteiger partial charge in [-0.25, -0.2) is 4.98 Å². The first-order valence-electron chi connectivity index (χ1n) is 11.5. The Balaban J connectivity index is 1.45. The maximum atomic E-state index is 12.7. The van der Waals surface area contributed by atoms with Crippen LogP contribution in [0.2, 0.25) is 0 Å². The zero-order chi connectivity index (χ0) is 24.9. The highest BCUT2D eigenvalue weighted by molar-refractivity contribution is 5.97. The van der Waals surface area contributed by atoms with E-state index in [1.54, 1.807) is 29.2 Å². The Morgan fingerprint density at radius 2 is 1.94 bits per heavy atom. The molecule has 1 saturated heterocycles. The fourth-order valence-electron chi connectivity index (χ4n) is 4.16. The molecule has 1 fully saturated rings. The van der Waals surface area contributed by atoms with Gasteiger partial charge < -0.3 is 24.7 Å². The molecule has 0 radical (unpaired) electrons. The summed E-state index contributed by atoms with van der Waals surface area (Å²) < 4.78 is 10.6. The summed E-state index contributed by atoms with van der Waals surface area (Å²) >= 11 is 0. The predicted octanol–water partition coefficient (Wildman–Crippen LogP) is 2.53. The standard InChI is InChI=1S/C25H29N5O5/c1-4-29(14-22-27-19-13-21(35-3)20(34-2)12-18(19)25(33)28-22)15-23(31)26-16-7-5-8-17(11-16)30-10-6-9-24(30)32/h5,7-8,11-13H,4,6,9-10,14-15H2,1-3H3,(H,26,31)(H,27,28,33). The lowest BCUT2D eigenvalue weighted by Gasteiger charge is -2.20. The average molecular weight is 480 g/mol. The fourth-order valence-corrected chi connectivity index (χ4v) is 4.16. The van der Waals surface area contributed by atoms with Crippen LogP contribution in [0.3, 0.4) is 0 Å². The number of hydrogen-bond donors (Lipinski definition) is 2. The molecule has 184 valence electrons. The number of fused-ring (bicyclic) bond motifs is 1. The van der Waals surface area contributed by atoms with Crippen LogP contribution < -0.4 is 25.2 Å². The van der Waals surface area contributed by atoms with Crippen LogP contribution in [-0.2, 0) is 16.1 Å². The van der Waals surface area contributed by atoms with E-state index < -0.39 is 0 Å². The molecular weight excluding hydrogens is 450 g/mol. The molecule has 1 aliphatic rings. The Morgan fingerprint density at radius 1 is 1.17 bits per heavy atom. The van der Waals surface area contributed by atoms with Gasteiger partial charge in [0.05, 0.1) is 38.2 Å². The predicted molar refractivity (Wildman–Crippen MR) is 133 cm³/mol. The van der Waals surface area contributed by atoms with Crippen molar-refractivity contribution in [1.29, 1.82) is 0 Å². The molecule has 1 aromatic heterocycles. The third kappa shape index (κ3) is 5.43. The maximum absolute atomic E-state index is 12.7. The van der Waals surface area contributed by atoms with E-state index in [-0.39, 0.29) is 30.5 Å². The molecule has 10 heteroatoms. The first-order chi connectivity index (χ1) is 16.9.